The summed E-state index contributed by atoms with van der Waals surface area (Å²) in [6.45, 7) is 3.72. The number of carbonyl (C=O) groups is 1. The molecule has 0 aromatic heterocycles. The van der Waals surface area contributed by atoms with E-state index in [-0.39, 0.29) is 11.7 Å². The van der Waals surface area contributed by atoms with Crippen LogP contribution in [0.15, 0.2) is 54.6 Å². The van der Waals surface area contributed by atoms with E-state index in [0.717, 1.165) is 11.3 Å². The number of para-hydroxylation sites is 1. The molecular formula is C16H17NO2. The van der Waals surface area contributed by atoms with Gasteiger partial charge in [0.1, 0.15) is 5.75 Å². The minimum atomic E-state index is -0.663. The zero-order chi connectivity index (χ0) is 13.9. The Hall–Kier alpha value is -2.29. The van der Waals surface area contributed by atoms with Crippen LogP contribution in [0, 0.1) is 0 Å². The van der Waals surface area contributed by atoms with Gasteiger partial charge in [-0.2, -0.15) is 0 Å². The summed E-state index contributed by atoms with van der Waals surface area (Å²) >= 11 is 0. The highest BCUT2D eigenvalue weighted by molar-refractivity contribution is 5.98. The van der Waals surface area contributed by atoms with Crippen LogP contribution in [0.5, 0.6) is 5.75 Å². The van der Waals surface area contributed by atoms with Gasteiger partial charge in [0, 0.05) is 5.69 Å². The van der Waals surface area contributed by atoms with Gasteiger partial charge in [0.05, 0.1) is 5.41 Å². The van der Waals surface area contributed by atoms with Crippen LogP contribution >= 0.6 is 0 Å². The maximum absolute atomic E-state index is 12.3. The Morgan fingerprint density at radius 2 is 1.58 bits per heavy atom. The molecule has 0 saturated heterocycles. The highest BCUT2D eigenvalue weighted by Gasteiger charge is 2.29. The molecule has 0 saturated carbocycles. The van der Waals surface area contributed by atoms with Gasteiger partial charge in [0.15, 0.2) is 0 Å². The van der Waals surface area contributed by atoms with Crippen LogP contribution in [0.1, 0.15) is 19.4 Å². The van der Waals surface area contributed by atoms with Gasteiger partial charge in [0.25, 0.3) is 0 Å². The quantitative estimate of drug-likeness (QED) is 0.884. The summed E-state index contributed by atoms with van der Waals surface area (Å²) in [5.41, 5.74) is 0.974. The summed E-state index contributed by atoms with van der Waals surface area (Å²) in [5, 5.41) is 12.2. The second-order valence-electron chi connectivity index (χ2n) is 4.99. The maximum atomic E-state index is 12.3. The third-order valence-electron chi connectivity index (χ3n) is 3.19. The standard InChI is InChI=1S/C16H17NO2/c1-16(2,12-8-10-14(18)11-9-12)15(19)17-13-6-4-3-5-7-13/h3-11,18H,1-2H3,(H,17,19). The molecule has 1 amide bonds. The van der Waals surface area contributed by atoms with Crippen molar-refractivity contribution in [2.45, 2.75) is 19.3 Å². The minimum absolute atomic E-state index is 0.0793. The van der Waals surface area contributed by atoms with Crippen LogP contribution in [-0.4, -0.2) is 11.0 Å². The van der Waals surface area contributed by atoms with Crippen molar-refractivity contribution in [2.24, 2.45) is 0 Å². The Morgan fingerprint density at radius 3 is 2.16 bits per heavy atom. The van der Waals surface area contributed by atoms with Crippen molar-refractivity contribution in [3.05, 3.63) is 60.2 Å². The van der Waals surface area contributed by atoms with Gasteiger partial charge in [-0.25, -0.2) is 0 Å². The average Bonchev–Trinajstić information content (AvgIpc) is 2.40. The van der Waals surface area contributed by atoms with E-state index in [9.17, 15) is 9.90 Å². The van der Waals surface area contributed by atoms with E-state index in [1.807, 2.05) is 44.2 Å². The number of nitrogens with one attached hydrogen (secondary N) is 1. The molecule has 98 valence electrons. The number of aromatic hydroxyl groups is 1. The predicted octanol–water partition coefficient (Wildman–Crippen LogP) is 3.31. The summed E-state index contributed by atoms with van der Waals surface area (Å²) in [4.78, 5) is 12.3. The van der Waals surface area contributed by atoms with E-state index < -0.39 is 5.41 Å². The van der Waals surface area contributed by atoms with Crippen LogP contribution in [0.4, 0.5) is 5.69 Å². The van der Waals surface area contributed by atoms with Crippen LogP contribution in [0.25, 0.3) is 0 Å². The van der Waals surface area contributed by atoms with E-state index in [1.165, 1.54) is 0 Å². The Kier molecular flexibility index (Phi) is 3.56. The Balaban J connectivity index is 2.19. The Bertz CT molecular complexity index is 559. The predicted molar refractivity (Wildman–Crippen MR) is 76.2 cm³/mol. The lowest BCUT2D eigenvalue weighted by atomic mass is 9.83. The van der Waals surface area contributed by atoms with Crippen molar-refractivity contribution in [3.8, 4) is 5.75 Å². The van der Waals surface area contributed by atoms with Gasteiger partial charge < -0.3 is 10.4 Å². The minimum Gasteiger partial charge on any atom is -0.508 e. The average molecular weight is 255 g/mol. The normalized spacial score (nSPS) is 11.1. The highest BCUT2D eigenvalue weighted by atomic mass is 16.3. The van der Waals surface area contributed by atoms with E-state index in [0.29, 0.717) is 0 Å². The number of amides is 1. The molecule has 0 fully saturated rings. The summed E-state index contributed by atoms with van der Waals surface area (Å²) in [5.74, 6) is 0.118. The number of phenols is 1. The van der Waals surface area contributed by atoms with Crippen molar-refractivity contribution in [3.63, 3.8) is 0 Å². The molecule has 0 aliphatic heterocycles. The summed E-state index contributed by atoms with van der Waals surface area (Å²) in [7, 11) is 0. The van der Waals surface area contributed by atoms with Gasteiger partial charge in [-0.3, -0.25) is 4.79 Å². The summed E-state index contributed by atoms with van der Waals surface area (Å²) in [6.07, 6.45) is 0. The first-order valence-corrected chi connectivity index (χ1v) is 6.16. The third-order valence-corrected chi connectivity index (χ3v) is 3.19. The molecular weight excluding hydrogens is 238 g/mol. The number of carbonyl (C=O) groups excluding carboxylic acids is 1. The molecule has 3 heteroatoms. The van der Waals surface area contributed by atoms with Gasteiger partial charge in [-0.05, 0) is 43.7 Å². The number of hydrogen-bond donors (Lipinski definition) is 2. The largest absolute Gasteiger partial charge is 0.508 e. The first-order chi connectivity index (χ1) is 9.00. The first kappa shape index (κ1) is 13.1. The molecule has 2 aromatic rings. The lowest BCUT2D eigenvalue weighted by Gasteiger charge is -2.24. The Labute approximate surface area is 112 Å². The highest BCUT2D eigenvalue weighted by Crippen LogP contribution is 2.26. The van der Waals surface area contributed by atoms with E-state index in [1.54, 1.807) is 24.3 Å². The molecule has 0 aliphatic rings. The number of benzene rings is 2. The van der Waals surface area contributed by atoms with E-state index >= 15 is 0 Å². The maximum Gasteiger partial charge on any atom is 0.234 e. The zero-order valence-corrected chi connectivity index (χ0v) is 11.1. The zero-order valence-electron chi connectivity index (χ0n) is 11.1. The van der Waals surface area contributed by atoms with Crippen molar-refractivity contribution in [2.75, 3.05) is 5.32 Å². The molecule has 0 bridgehead atoms. The van der Waals surface area contributed by atoms with E-state index in [4.69, 9.17) is 0 Å². The fourth-order valence-electron chi connectivity index (χ4n) is 1.82. The molecule has 2 N–H and O–H groups in total. The SMILES string of the molecule is CC(C)(C(=O)Nc1ccccc1)c1ccc(O)cc1. The van der Waals surface area contributed by atoms with Gasteiger partial charge in [0.2, 0.25) is 5.91 Å². The second-order valence-corrected chi connectivity index (χ2v) is 4.99. The fraction of sp³-hybridized carbons (Fsp3) is 0.188. The molecule has 0 unspecified atom stereocenters. The van der Waals surface area contributed by atoms with Gasteiger partial charge in [-0.15, -0.1) is 0 Å². The summed E-state index contributed by atoms with van der Waals surface area (Å²) in [6, 6.07) is 16.1. The molecule has 3 nitrogen and oxygen atoms in total. The van der Waals surface area contributed by atoms with Crippen LogP contribution < -0.4 is 5.32 Å². The summed E-state index contributed by atoms with van der Waals surface area (Å²) < 4.78 is 0. The topological polar surface area (TPSA) is 49.3 Å². The van der Waals surface area contributed by atoms with Crippen LogP contribution in [-0.2, 0) is 10.2 Å². The first-order valence-electron chi connectivity index (χ1n) is 6.16. The monoisotopic (exact) mass is 255 g/mol. The molecule has 19 heavy (non-hydrogen) atoms. The van der Waals surface area contributed by atoms with Crippen molar-refractivity contribution in [1.29, 1.82) is 0 Å². The van der Waals surface area contributed by atoms with Crippen molar-refractivity contribution in [1.82, 2.24) is 0 Å². The smallest absolute Gasteiger partial charge is 0.234 e. The number of phenolic OH excluding ortho intramolecular Hbond substituents is 1. The molecule has 0 heterocycles. The number of anilines is 1. The second kappa shape index (κ2) is 5.14. The van der Waals surface area contributed by atoms with Gasteiger partial charge in [-0.1, -0.05) is 30.3 Å². The van der Waals surface area contributed by atoms with E-state index in [2.05, 4.69) is 5.32 Å². The fourth-order valence-corrected chi connectivity index (χ4v) is 1.82. The lowest BCUT2D eigenvalue weighted by Crippen LogP contribution is -2.34. The van der Waals surface area contributed by atoms with Crippen molar-refractivity contribution < 1.29 is 9.90 Å². The molecule has 0 aliphatic carbocycles. The number of hydrogen-bond acceptors (Lipinski definition) is 2. The molecule has 2 rings (SSSR count). The van der Waals surface area contributed by atoms with Gasteiger partial charge >= 0.3 is 0 Å². The molecule has 0 atom stereocenters. The van der Waals surface area contributed by atoms with Crippen molar-refractivity contribution >= 4 is 11.6 Å². The molecule has 0 radical (unpaired) electrons. The third kappa shape index (κ3) is 2.94. The molecule has 0 spiro atoms. The van der Waals surface area contributed by atoms with Crippen LogP contribution in [0.2, 0.25) is 0 Å². The number of rotatable bonds is 3. The molecule has 2 aromatic carbocycles. The Morgan fingerprint density at radius 1 is 1.00 bits per heavy atom. The lowest BCUT2D eigenvalue weighted by molar-refractivity contribution is -0.120. The van der Waals surface area contributed by atoms with Crippen LogP contribution in [0.3, 0.4) is 0 Å².